The molecule has 168 valence electrons. The van der Waals surface area contributed by atoms with Gasteiger partial charge in [0.15, 0.2) is 12.6 Å². The smallest absolute Gasteiger partial charge is 0.217 e. The molecule has 2 fully saturated rings. The van der Waals surface area contributed by atoms with E-state index in [2.05, 4.69) is 10.6 Å². The Kier molecular flexibility index (Phi) is 8.28. The highest BCUT2D eigenvalue weighted by Crippen LogP contribution is 2.28. The number of ether oxygens (including phenoxy) is 3. The number of hydrogen-bond acceptors (Lipinski definition) is 11. The van der Waals surface area contributed by atoms with Crippen molar-refractivity contribution in [2.45, 2.75) is 75.1 Å². The maximum Gasteiger partial charge on any atom is 0.217 e. The maximum absolute atomic E-state index is 11.5. The van der Waals surface area contributed by atoms with E-state index < -0.39 is 86.3 Å². The number of amides is 2. The highest BCUT2D eigenvalue weighted by atomic mass is 16.7. The Morgan fingerprint density at radius 3 is 1.90 bits per heavy atom. The first-order valence-corrected chi connectivity index (χ1v) is 9.05. The molecule has 0 aliphatic carbocycles. The number of carbonyl (C=O) groups excluding carboxylic acids is 2. The second-order valence-electron chi connectivity index (χ2n) is 7.00. The normalized spacial score (nSPS) is 42.9. The van der Waals surface area contributed by atoms with Crippen molar-refractivity contribution in [2.24, 2.45) is 0 Å². The molecule has 0 aromatic rings. The Balaban J connectivity index is 2.26. The summed E-state index contributed by atoms with van der Waals surface area (Å²) in [5.41, 5.74) is 0. The standard InChI is InChI=1S/C16H28N2O11/c1-5(21)17-9-13(25)14(8(4-20)27-15(9)26)29-16-10(18-6(2)22)12(24)11(23)7(3-19)28-16/h7-16,19-20,23-26H,3-4H2,1-2H3,(H,17,21)(H,18,22)/t7-,8-,9-,10-,11-,12-,13-,14+,15+,16-/m1/s1. The summed E-state index contributed by atoms with van der Waals surface area (Å²) in [5, 5.41) is 64.5. The third-order valence-corrected chi connectivity index (χ3v) is 4.78. The summed E-state index contributed by atoms with van der Waals surface area (Å²) >= 11 is 0. The summed E-state index contributed by atoms with van der Waals surface area (Å²) in [5.74, 6) is -1.14. The van der Waals surface area contributed by atoms with Gasteiger partial charge in [-0.05, 0) is 0 Å². The molecule has 0 unspecified atom stereocenters. The van der Waals surface area contributed by atoms with Crippen molar-refractivity contribution in [3.05, 3.63) is 0 Å². The summed E-state index contributed by atoms with van der Waals surface area (Å²) in [7, 11) is 0. The molecule has 2 aliphatic heterocycles. The predicted molar refractivity (Wildman–Crippen MR) is 91.8 cm³/mol. The summed E-state index contributed by atoms with van der Waals surface area (Å²) in [4.78, 5) is 22.8. The van der Waals surface area contributed by atoms with E-state index in [-0.39, 0.29) is 0 Å². The Morgan fingerprint density at radius 2 is 1.38 bits per heavy atom. The van der Waals surface area contributed by atoms with Gasteiger partial charge in [-0.25, -0.2) is 0 Å². The molecule has 2 amide bonds. The molecule has 0 aromatic carbocycles. The van der Waals surface area contributed by atoms with Gasteiger partial charge in [-0.2, -0.15) is 0 Å². The molecule has 10 atom stereocenters. The van der Waals surface area contributed by atoms with Crippen molar-refractivity contribution in [1.29, 1.82) is 0 Å². The molecule has 29 heavy (non-hydrogen) atoms. The van der Waals surface area contributed by atoms with Gasteiger partial charge in [0, 0.05) is 13.8 Å². The average Bonchev–Trinajstić information content (AvgIpc) is 2.65. The van der Waals surface area contributed by atoms with Gasteiger partial charge in [-0.3, -0.25) is 9.59 Å². The molecule has 2 heterocycles. The van der Waals surface area contributed by atoms with Gasteiger partial charge in [0.05, 0.1) is 13.2 Å². The Labute approximate surface area is 166 Å². The zero-order valence-corrected chi connectivity index (χ0v) is 15.9. The number of carbonyl (C=O) groups is 2. The van der Waals surface area contributed by atoms with Crippen LogP contribution in [0.4, 0.5) is 0 Å². The van der Waals surface area contributed by atoms with Crippen LogP contribution >= 0.6 is 0 Å². The van der Waals surface area contributed by atoms with E-state index in [1.54, 1.807) is 0 Å². The fourth-order valence-corrected chi connectivity index (χ4v) is 3.38. The van der Waals surface area contributed by atoms with Crippen molar-refractivity contribution in [2.75, 3.05) is 13.2 Å². The largest absolute Gasteiger partial charge is 0.394 e. The van der Waals surface area contributed by atoms with Crippen LogP contribution in [-0.4, -0.2) is 117 Å². The number of nitrogens with one attached hydrogen (secondary N) is 2. The van der Waals surface area contributed by atoms with Gasteiger partial charge < -0.3 is 55.5 Å². The van der Waals surface area contributed by atoms with E-state index >= 15 is 0 Å². The number of rotatable bonds is 6. The monoisotopic (exact) mass is 424 g/mol. The van der Waals surface area contributed by atoms with Crippen LogP contribution in [-0.2, 0) is 23.8 Å². The minimum atomic E-state index is -1.64. The maximum atomic E-state index is 11.5. The summed E-state index contributed by atoms with van der Waals surface area (Å²) in [6.45, 7) is 0.962. The third kappa shape index (κ3) is 5.39. The zero-order valence-electron chi connectivity index (χ0n) is 15.9. The van der Waals surface area contributed by atoms with Gasteiger partial charge in [0.2, 0.25) is 11.8 Å². The highest BCUT2D eigenvalue weighted by Gasteiger charge is 2.51. The first-order chi connectivity index (χ1) is 13.6. The molecule has 0 bridgehead atoms. The minimum Gasteiger partial charge on any atom is -0.394 e. The van der Waals surface area contributed by atoms with Crippen LogP contribution in [0.25, 0.3) is 0 Å². The van der Waals surface area contributed by atoms with Crippen molar-refractivity contribution in [1.82, 2.24) is 10.6 Å². The lowest BCUT2D eigenvalue weighted by atomic mass is 9.94. The Hall–Kier alpha value is -1.42. The minimum absolute atomic E-state index is 0.568. The average molecular weight is 424 g/mol. The molecule has 0 saturated carbocycles. The molecule has 2 saturated heterocycles. The molecular weight excluding hydrogens is 396 g/mol. The SMILES string of the molecule is CC(=O)N[C@@H]1[C@@H](O)[C@@H](O[C@H]2O[C@H](CO)[C@@H](O)[C@H](O)[C@H]2NC(C)=O)[C@@H](CO)O[C@@H]1O. The van der Waals surface area contributed by atoms with Gasteiger partial charge in [-0.15, -0.1) is 0 Å². The second kappa shape index (κ2) is 10.1. The van der Waals surface area contributed by atoms with E-state index in [0.717, 1.165) is 13.8 Å². The van der Waals surface area contributed by atoms with Crippen LogP contribution in [0.1, 0.15) is 13.8 Å². The fourth-order valence-electron chi connectivity index (χ4n) is 3.38. The van der Waals surface area contributed by atoms with Crippen LogP contribution in [0.15, 0.2) is 0 Å². The topological polar surface area (TPSA) is 207 Å². The molecule has 0 radical (unpaired) electrons. The lowest BCUT2D eigenvalue weighted by molar-refractivity contribution is -0.327. The van der Waals surface area contributed by atoms with Crippen LogP contribution in [0.2, 0.25) is 0 Å². The highest BCUT2D eigenvalue weighted by molar-refractivity contribution is 5.73. The molecule has 8 N–H and O–H groups in total. The third-order valence-electron chi connectivity index (χ3n) is 4.78. The van der Waals surface area contributed by atoms with E-state index in [9.17, 15) is 40.2 Å². The first kappa shape index (κ1) is 23.9. The van der Waals surface area contributed by atoms with Gasteiger partial charge >= 0.3 is 0 Å². The van der Waals surface area contributed by atoms with Crippen LogP contribution < -0.4 is 10.6 Å². The van der Waals surface area contributed by atoms with Crippen molar-refractivity contribution in [3.8, 4) is 0 Å². The predicted octanol–water partition coefficient (Wildman–Crippen LogP) is -5.11. The lowest BCUT2D eigenvalue weighted by Crippen LogP contribution is -2.69. The lowest BCUT2D eigenvalue weighted by Gasteiger charge is -2.47. The number of hydrogen-bond donors (Lipinski definition) is 8. The second-order valence-corrected chi connectivity index (χ2v) is 7.00. The molecule has 2 aliphatic rings. The van der Waals surface area contributed by atoms with Crippen LogP contribution in [0.5, 0.6) is 0 Å². The summed E-state index contributed by atoms with van der Waals surface area (Å²) in [6.07, 6.45) is -11.7. The summed E-state index contributed by atoms with van der Waals surface area (Å²) < 4.78 is 16.3. The first-order valence-electron chi connectivity index (χ1n) is 9.05. The fraction of sp³-hybridized carbons (Fsp3) is 0.875. The Morgan fingerprint density at radius 1 is 0.828 bits per heavy atom. The van der Waals surface area contributed by atoms with Gasteiger partial charge in [0.1, 0.15) is 48.7 Å². The summed E-state index contributed by atoms with van der Waals surface area (Å²) in [6, 6.07) is -2.59. The molecule has 0 spiro atoms. The van der Waals surface area contributed by atoms with Crippen LogP contribution in [0.3, 0.4) is 0 Å². The number of aliphatic hydroxyl groups is 6. The van der Waals surface area contributed by atoms with Crippen molar-refractivity contribution in [3.63, 3.8) is 0 Å². The van der Waals surface area contributed by atoms with Crippen molar-refractivity contribution < 1.29 is 54.4 Å². The zero-order chi connectivity index (χ0) is 21.9. The molecular formula is C16H28N2O11. The molecule has 13 heteroatoms. The van der Waals surface area contributed by atoms with Gasteiger partial charge in [0.25, 0.3) is 0 Å². The quantitative estimate of drug-likeness (QED) is 0.202. The van der Waals surface area contributed by atoms with E-state index in [1.807, 2.05) is 0 Å². The molecule has 2 rings (SSSR count). The van der Waals surface area contributed by atoms with Crippen LogP contribution in [0, 0.1) is 0 Å². The van der Waals surface area contributed by atoms with E-state index in [1.165, 1.54) is 0 Å². The number of aliphatic hydroxyl groups excluding tert-OH is 6. The molecule has 0 aromatic heterocycles. The molecule has 13 nitrogen and oxygen atoms in total. The van der Waals surface area contributed by atoms with Gasteiger partial charge in [-0.1, -0.05) is 0 Å². The van der Waals surface area contributed by atoms with E-state index in [4.69, 9.17) is 14.2 Å². The van der Waals surface area contributed by atoms with Crippen molar-refractivity contribution >= 4 is 11.8 Å². The van der Waals surface area contributed by atoms with E-state index in [0.29, 0.717) is 0 Å². The Bertz CT molecular complexity index is 579.